The fourth-order valence-corrected chi connectivity index (χ4v) is 1.69. The van der Waals surface area contributed by atoms with Gasteiger partial charge in [0.25, 0.3) is 5.91 Å². The number of amides is 1. The van der Waals surface area contributed by atoms with E-state index in [1.165, 1.54) is 25.1 Å². The number of aromatic nitrogens is 1. The van der Waals surface area contributed by atoms with Gasteiger partial charge < -0.3 is 10.4 Å². The van der Waals surface area contributed by atoms with Gasteiger partial charge in [-0.05, 0) is 30.0 Å². The summed E-state index contributed by atoms with van der Waals surface area (Å²) in [5, 5.41) is 11.3. The Hall–Kier alpha value is -2.17. The molecule has 5 heteroatoms. The van der Waals surface area contributed by atoms with Crippen molar-refractivity contribution in [3.63, 3.8) is 0 Å². The first-order valence-electron chi connectivity index (χ1n) is 6.30. The highest BCUT2D eigenvalue weighted by atomic mass is 16.4. The number of nitrogens with zero attached hydrogens (tertiary/aromatic N) is 1. The van der Waals surface area contributed by atoms with E-state index < -0.39 is 5.97 Å². The molecule has 0 bridgehead atoms. The zero-order valence-electron chi connectivity index (χ0n) is 10.5. The van der Waals surface area contributed by atoms with Crippen LogP contribution < -0.4 is 5.32 Å². The molecule has 1 aromatic rings. The molecular formula is C14H16N2O3. The third kappa shape index (κ3) is 4.54. The second kappa shape index (κ2) is 6.13. The number of aliphatic carboxylic acids is 1. The molecule has 2 N–H and O–H groups in total. The van der Waals surface area contributed by atoms with Crippen molar-refractivity contribution in [2.75, 3.05) is 6.54 Å². The molecule has 1 aliphatic carbocycles. The summed E-state index contributed by atoms with van der Waals surface area (Å²) in [6.07, 6.45) is 7.54. The predicted octanol–water partition coefficient (Wildman–Crippen LogP) is 1.71. The second-order valence-corrected chi connectivity index (χ2v) is 4.64. The maximum absolute atomic E-state index is 11.7. The number of carbonyl (C=O) groups is 2. The van der Waals surface area contributed by atoms with Gasteiger partial charge in [-0.25, -0.2) is 4.79 Å². The number of carboxylic acids is 1. The Morgan fingerprint density at radius 1 is 1.42 bits per heavy atom. The van der Waals surface area contributed by atoms with Gasteiger partial charge in [0.1, 0.15) is 5.69 Å². The Bertz CT molecular complexity index is 490. The Kier molecular flexibility index (Phi) is 4.28. The van der Waals surface area contributed by atoms with Crippen molar-refractivity contribution < 1.29 is 14.7 Å². The first-order chi connectivity index (χ1) is 9.15. The molecule has 0 spiro atoms. The molecule has 0 atom stereocenters. The molecular weight excluding hydrogens is 244 g/mol. The van der Waals surface area contributed by atoms with Crippen LogP contribution in [0, 0.1) is 5.92 Å². The highest BCUT2D eigenvalue weighted by Crippen LogP contribution is 2.31. The Balaban J connectivity index is 1.85. The average Bonchev–Trinajstić information content (AvgIpc) is 3.21. The van der Waals surface area contributed by atoms with E-state index in [1.807, 2.05) is 0 Å². The smallest absolute Gasteiger partial charge is 0.328 e. The lowest BCUT2D eigenvalue weighted by molar-refractivity contribution is -0.131. The van der Waals surface area contributed by atoms with Crippen molar-refractivity contribution in [1.29, 1.82) is 0 Å². The first-order valence-corrected chi connectivity index (χ1v) is 6.30. The summed E-state index contributed by atoms with van der Waals surface area (Å²) in [6.45, 7) is 0.686. The minimum absolute atomic E-state index is 0.186. The topological polar surface area (TPSA) is 79.3 Å². The van der Waals surface area contributed by atoms with Gasteiger partial charge in [0.2, 0.25) is 0 Å². The molecule has 0 saturated heterocycles. The quantitative estimate of drug-likeness (QED) is 0.763. The van der Waals surface area contributed by atoms with E-state index in [4.69, 9.17) is 5.11 Å². The summed E-state index contributed by atoms with van der Waals surface area (Å²) < 4.78 is 0. The van der Waals surface area contributed by atoms with Gasteiger partial charge in [-0.2, -0.15) is 0 Å². The fraction of sp³-hybridized carbons (Fsp3) is 0.357. The van der Waals surface area contributed by atoms with Crippen molar-refractivity contribution >= 4 is 18.0 Å². The molecule has 100 valence electrons. The van der Waals surface area contributed by atoms with Crippen LogP contribution in [-0.4, -0.2) is 28.5 Å². The molecule has 1 heterocycles. The van der Waals surface area contributed by atoms with Crippen LogP contribution in [0.2, 0.25) is 0 Å². The van der Waals surface area contributed by atoms with Gasteiger partial charge in [0.15, 0.2) is 0 Å². The van der Waals surface area contributed by atoms with Crippen LogP contribution in [0.15, 0.2) is 24.4 Å². The number of carboxylic acid groups (broad SMARTS) is 1. The van der Waals surface area contributed by atoms with Gasteiger partial charge in [0, 0.05) is 18.8 Å². The van der Waals surface area contributed by atoms with Gasteiger partial charge in [-0.1, -0.05) is 18.9 Å². The maximum Gasteiger partial charge on any atom is 0.328 e. The Morgan fingerprint density at radius 3 is 2.79 bits per heavy atom. The van der Waals surface area contributed by atoms with Crippen LogP contribution >= 0.6 is 0 Å². The lowest BCUT2D eigenvalue weighted by Crippen LogP contribution is -2.25. The van der Waals surface area contributed by atoms with E-state index in [2.05, 4.69) is 10.3 Å². The minimum Gasteiger partial charge on any atom is -0.478 e. The highest BCUT2D eigenvalue weighted by molar-refractivity contribution is 5.92. The van der Waals surface area contributed by atoms with E-state index in [-0.39, 0.29) is 5.91 Å². The summed E-state index contributed by atoms with van der Waals surface area (Å²) in [6, 6.07) is 3.26. The Morgan fingerprint density at radius 2 is 2.21 bits per heavy atom. The largest absolute Gasteiger partial charge is 0.478 e. The van der Waals surface area contributed by atoms with Gasteiger partial charge in [0.05, 0.1) is 0 Å². The van der Waals surface area contributed by atoms with Crippen molar-refractivity contribution in [3.05, 3.63) is 35.7 Å². The lowest BCUT2D eigenvalue weighted by Gasteiger charge is -2.03. The molecule has 5 nitrogen and oxygen atoms in total. The van der Waals surface area contributed by atoms with Gasteiger partial charge in [-0.15, -0.1) is 0 Å². The summed E-state index contributed by atoms with van der Waals surface area (Å²) in [4.78, 5) is 26.1. The van der Waals surface area contributed by atoms with Crippen LogP contribution in [0.1, 0.15) is 35.3 Å². The monoisotopic (exact) mass is 260 g/mol. The zero-order chi connectivity index (χ0) is 13.7. The molecule has 0 aromatic carbocycles. The standard InChI is InChI=1S/C14H16N2O3/c17-13(18)6-4-11-3-5-12(16-9-11)14(19)15-8-7-10-1-2-10/h3-6,9-10H,1-2,7-8H2,(H,15,19)(H,17,18). The number of nitrogens with one attached hydrogen (secondary N) is 1. The van der Waals surface area contributed by atoms with Crippen LogP contribution in [0.25, 0.3) is 6.08 Å². The molecule has 0 radical (unpaired) electrons. The molecule has 0 aliphatic heterocycles. The van der Waals surface area contributed by atoms with Crippen molar-refractivity contribution in [2.24, 2.45) is 5.92 Å². The highest BCUT2D eigenvalue weighted by Gasteiger charge is 2.20. The average molecular weight is 260 g/mol. The fourth-order valence-electron chi connectivity index (χ4n) is 1.69. The molecule has 19 heavy (non-hydrogen) atoms. The lowest BCUT2D eigenvalue weighted by atomic mass is 10.2. The van der Waals surface area contributed by atoms with Crippen molar-refractivity contribution in [2.45, 2.75) is 19.3 Å². The van der Waals surface area contributed by atoms with E-state index in [0.29, 0.717) is 17.8 Å². The third-order valence-electron chi connectivity index (χ3n) is 2.97. The minimum atomic E-state index is -1.01. The summed E-state index contributed by atoms with van der Waals surface area (Å²) in [7, 11) is 0. The summed E-state index contributed by atoms with van der Waals surface area (Å²) >= 11 is 0. The zero-order valence-corrected chi connectivity index (χ0v) is 10.5. The molecule has 2 rings (SSSR count). The van der Waals surface area contributed by atoms with E-state index in [9.17, 15) is 9.59 Å². The van der Waals surface area contributed by atoms with Gasteiger partial charge in [-0.3, -0.25) is 9.78 Å². The van der Waals surface area contributed by atoms with E-state index in [0.717, 1.165) is 18.4 Å². The maximum atomic E-state index is 11.7. The molecule has 1 saturated carbocycles. The van der Waals surface area contributed by atoms with E-state index in [1.54, 1.807) is 12.1 Å². The molecule has 1 aliphatic rings. The van der Waals surface area contributed by atoms with Crippen LogP contribution in [-0.2, 0) is 4.79 Å². The number of rotatable bonds is 6. The first kappa shape index (κ1) is 13.3. The summed E-state index contributed by atoms with van der Waals surface area (Å²) in [5.41, 5.74) is 1.00. The normalized spacial score (nSPS) is 14.5. The van der Waals surface area contributed by atoms with E-state index >= 15 is 0 Å². The van der Waals surface area contributed by atoms with Crippen molar-refractivity contribution in [3.8, 4) is 0 Å². The molecule has 1 aromatic heterocycles. The molecule has 0 unspecified atom stereocenters. The number of carbonyl (C=O) groups excluding carboxylic acids is 1. The van der Waals surface area contributed by atoms with Crippen LogP contribution in [0.3, 0.4) is 0 Å². The number of hydrogen-bond acceptors (Lipinski definition) is 3. The predicted molar refractivity (Wildman–Crippen MR) is 70.6 cm³/mol. The Labute approximate surface area is 111 Å². The molecule has 1 amide bonds. The SMILES string of the molecule is O=C(O)C=Cc1ccc(C(=O)NCCC2CC2)nc1. The van der Waals surface area contributed by atoms with Crippen LogP contribution in [0.5, 0.6) is 0 Å². The second-order valence-electron chi connectivity index (χ2n) is 4.64. The van der Waals surface area contributed by atoms with Crippen LogP contribution in [0.4, 0.5) is 0 Å². The number of pyridine rings is 1. The van der Waals surface area contributed by atoms with Crippen molar-refractivity contribution in [1.82, 2.24) is 10.3 Å². The summed E-state index contributed by atoms with van der Waals surface area (Å²) in [5.74, 6) is -0.409. The molecule has 1 fully saturated rings. The third-order valence-corrected chi connectivity index (χ3v) is 2.97. The number of hydrogen-bond donors (Lipinski definition) is 2. The van der Waals surface area contributed by atoms with Gasteiger partial charge >= 0.3 is 5.97 Å².